The van der Waals surface area contributed by atoms with Gasteiger partial charge in [0.25, 0.3) is 11.8 Å². The minimum absolute atomic E-state index is 0.0703. The number of amides is 2. The lowest BCUT2D eigenvalue weighted by molar-refractivity contribution is -0.145. The summed E-state index contributed by atoms with van der Waals surface area (Å²) in [6.45, 7) is -0.0209. The summed E-state index contributed by atoms with van der Waals surface area (Å²) in [5.41, 5.74) is 0. The van der Waals surface area contributed by atoms with Gasteiger partial charge in [0.2, 0.25) is 0 Å². The average molecular weight is 417 g/mol. The molecule has 13 nitrogen and oxygen atoms in total. The van der Waals surface area contributed by atoms with Crippen molar-refractivity contribution in [3.05, 3.63) is 12.2 Å². The number of carboxylic acid groups (broad SMARTS) is 4. The van der Waals surface area contributed by atoms with Gasteiger partial charge in [0, 0.05) is 31.8 Å². The van der Waals surface area contributed by atoms with E-state index >= 15 is 0 Å². The smallest absolute Gasteiger partial charge is 0.317 e. The predicted molar refractivity (Wildman–Crippen MR) is 95.0 cm³/mol. The molecule has 1 rings (SSSR count). The first-order chi connectivity index (χ1) is 13.5. The van der Waals surface area contributed by atoms with E-state index in [1.165, 1.54) is 17.1 Å². The summed E-state index contributed by atoms with van der Waals surface area (Å²) in [5.74, 6) is -5.32. The van der Waals surface area contributed by atoms with E-state index in [0.717, 1.165) is 9.80 Å². The van der Waals surface area contributed by atoms with E-state index in [-0.39, 0.29) is 24.9 Å². The lowest BCUT2D eigenvalue weighted by atomic mass is 10.4. The van der Waals surface area contributed by atoms with E-state index < -0.39 is 50.1 Å². The molecule has 0 unspecified atom stereocenters. The lowest BCUT2D eigenvalue weighted by Crippen LogP contribution is -2.43. The Morgan fingerprint density at radius 1 is 0.724 bits per heavy atom. The van der Waals surface area contributed by atoms with Crippen LogP contribution < -0.4 is 0 Å². The third kappa shape index (κ3) is 11.9. The third-order valence-electron chi connectivity index (χ3n) is 3.38. The fourth-order valence-corrected chi connectivity index (χ4v) is 2.22. The molecule has 0 bridgehead atoms. The van der Waals surface area contributed by atoms with E-state index in [0.29, 0.717) is 6.54 Å². The van der Waals surface area contributed by atoms with Gasteiger partial charge in [-0.25, -0.2) is 0 Å². The fourth-order valence-electron chi connectivity index (χ4n) is 2.22. The van der Waals surface area contributed by atoms with E-state index in [1.807, 2.05) is 0 Å². The van der Waals surface area contributed by atoms with Gasteiger partial charge in [-0.05, 0) is 6.92 Å². The van der Waals surface area contributed by atoms with Gasteiger partial charge in [0.05, 0.1) is 26.2 Å². The number of carboxylic acids is 4. The van der Waals surface area contributed by atoms with Crippen molar-refractivity contribution in [3.63, 3.8) is 0 Å². The van der Waals surface area contributed by atoms with E-state index in [4.69, 9.17) is 20.4 Å². The maximum atomic E-state index is 10.6. The molecule has 0 aromatic carbocycles. The van der Waals surface area contributed by atoms with Crippen molar-refractivity contribution in [1.29, 1.82) is 0 Å². The zero-order valence-electron chi connectivity index (χ0n) is 15.7. The first kappa shape index (κ1) is 25.7. The molecule has 0 fully saturated rings. The Labute approximate surface area is 165 Å². The van der Waals surface area contributed by atoms with Crippen LogP contribution in [-0.4, -0.2) is 117 Å². The first-order valence-corrected chi connectivity index (χ1v) is 8.31. The van der Waals surface area contributed by atoms with Crippen LogP contribution in [0.25, 0.3) is 0 Å². The second kappa shape index (κ2) is 13.0. The van der Waals surface area contributed by atoms with Gasteiger partial charge in [-0.3, -0.25) is 43.5 Å². The van der Waals surface area contributed by atoms with Crippen LogP contribution in [0, 0.1) is 0 Å². The molecule has 0 spiro atoms. The van der Waals surface area contributed by atoms with E-state index in [2.05, 4.69) is 0 Å². The standard InChI is InChI=1S/C10H16N2O8.C6H7NO2/c13-7(14)3-11(4-8(15)16)1-2-12(5-9(17)18)6-10(19)20;1-2-7-5(8)3-4-6(7)9/h1-6H2,(H,13,14)(H,15,16)(H,17,18)(H,19,20);3-4H,2H2,1H3. The number of hydrogen-bond donors (Lipinski definition) is 4. The average Bonchev–Trinajstić information content (AvgIpc) is 2.89. The lowest BCUT2D eigenvalue weighted by Gasteiger charge is -2.23. The highest BCUT2D eigenvalue weighted by atomic mass is 16.4. The summed E-state index contributed by atoms with van der Waals surface area (Å²) in [5, 5.41) is 34.5. The quantitative estimate of drug-likeness (QED) is 0.252. The summed E-state index contributed by atoms with van der Waals surface area (Å²) >= 11 is 0. The van der Waals surface area contributed by atoms with Crippen molar-refractivity contribution in [3.8, 4) is 0 Å². The van der Waals surface area contributed by atoms with Crippen LogP contribution in [0.2, 0.25) is 0 Å². The minimum atomic E-state index is -1.23. The molecule has 2 amide bonds. The van der Waals surface area contributed by atoms with Crippen molar-refractivity contribution in [2.75, 3.05) is 45.8 Å². The molecular weight excluding hydrogens is 394 g/mol. The molecule has 29 heavy (non-hydrogen) atoms. The van der Waals surface area contributed by atoms with Crippen molar-refractivity contribution in [2.24, 2.45) is 0 Å². The zero-order valence-corrected chi connectivity index (χ0v) is 15.7. The number of rotatable bonds is 12. The van der Waals surface area contributed by atoms with Crippen molar-refractivity contribution >= 4 is 35.7 Å². The molecule has 0 saturated carbocycles. The van der Waals surface area contributed by atoms with Crippen molar-refractivity contribution in [1.82, 2.24) is 14.7 Å². The molecule has 0 aliphatic carbocycles. The Morgan fingerprint density at radius 2 is 1.00 bits per heavy atom. The SMILES string of the molecule is CCN1C(=O)C=CC1=O.O=C(O)CN(CCN(CC(=O)O)CC(=O)O)CC(=O)O. The highest BCUT2D eigenvalue weighted by Gasteiger charge is 2.20. The Bertz CT molecular complexity index is 590. The van der Waals surface area contributed by atoms with Crippen molar-refractivity contribution < 1.29 is 49.2 Å². The largest absolute Gasteiger partial charge is 0.480 e. The van der Waals surface area contributed by atoms with E-state index in [1.54, 1.807) is 6.92 Å². The second-order valence-corrected chi connectivity index (χ2v) is 5.75. The summed E-state index contributed by atoms with van der Waals surface area (Å²) in [7, 11) is 0. The maximum absolute atomic E-state index is 10.6. The van der Waals surface area contributed by atoms with Gasteiger partial charge in [-0.2, -0.15) is 0 Å². The first-order valence-electron chi connectivity index (χ1n) is 8.31. The number of imide groups is 1. The zero-order chi connectivity index (χ0) is 22.6. The van der Waals surface area contributed by atoms with Gasteiger partial charge in [0.15, 0.2) is 0 Å². The topological polar surface area (TPSA) is 193 Å². The van der Waals surface area contributed by atoms with Crippen LogP contribution in [0.15, 0.2) is 12.2 Å². The van der Waals surface area contributed by atoms with Gasteiger partial charge in [0.1, 0.15) is 0 Å². The molecule has 0 aromatic heterocycles. The summed E-state index contributed by atoms with van der Waals surface area (Å²) < 4.78 is 0. The minimum Gasteiger partial charge on any atom is -0.480 e. The number of likely N-dealkylation sites (N-methyl/N-ethyl adjacent to an activating group) is 1. The van der Waals surface area contributed by atoms with E-state index in [9.17, 15) is 28.8 Å². The van der Waals surface area contributed by atoms with Gasteiger partial charge >= 0.3 is 23.9 Å². The summed E-state index contributed by atoms with van der Waals surface area (Å²) in [6, 6.07) is 0. The molecule has 0 radical (unpaired) electrons. The molecule has 1 heterocycles. The highest BCUT2D eigenvalue weighted by molar-refractivity contribution is 6.12. The van der Waals surface area contributed by atoms with Gasteiger partial charge < -0.3 is 20.4 Å². The van der Waals surface area contributed by atoms with Gasteiger partial charge in [-0.1, -0.05) is 0 Å². The molecule has 0 atom stereocenters. The molecule has 1 aliphatic rings. The summed E-state index contributed by atoms with van der Waals surface area (Å²) in [4.78, 5) is 66.8. The Morgan fingerprint density at radius 3 is 1.17 bits per heavy atom. The number of hydrogen-bond acceptors (Lipinski definition) is 8. The van der Waals surface area contributed by atoms with Crippen LogP contribution in [0.1, 0.15) is 6.92 Å². The van der Waals surface area contributed by atoms with Crippen LogP contribution in [0.4, 0.5) is 0 Å². The number of aliphatic carboxylic acids is 4. The van der Waals surface area contributed by atoms with Gasteiger partial charge in [-0.15, -0.1) is 0 Å². The van der Waals surface area contributed by atoms with Crippen LogP contribution in [0.5, 0.6) is 0 Å². The molecule has 0 aromatic rings. The Kier molecular flexibility index (Phi) is 11.5. The summed E-state index contributed by atoms with van der Waals surface area (Å²) in [6.07, 6.45) is 2.57. The molecule has 1 aliphatic heterocycles. The number of nitrogens with zero attached hydrogens (tertiary/aromatic N) is 3. The molecule has 13 heteroatoms. The molecule has 0 saturated heterocycles. The van der Waals surface area contributed by atoms with Crippen LogP contribution in [0.3, 0.4) is 0 Å². The molecule has 162 valence electrons. The fraction of sp³-hybridized carbons (Fsp3) is 0.500. The predicted octanol–water partition coefficient (Wildman–Crippen LogP) is -2.14. The van der Waals surface area contributed by atoms with Crippen molar-refractivity contribution in [2.45, 2.75) is 6.92 Å². The Balaban J connectivity index is 0.000000717. The van der Waals surface area contributed by atoms with Crippen LogP contribution in [-0.2, 0) is 28.8 Å². The third-order valence-corrected chi connectivity index (χ3v) is 3.38. The second-order valence-electron chi connectivity index (χ2n) is 5.75. The van der Waals surface area contributed by atoms with Crippen LogP contribution >= 0.6 is 0 Å². The monoisotopic (exact) mass is 417 g/mol. The number of carbonyl (C=O) groups is 6. The molecule has 4 N–H and O–H groups in total. The normalized spacial score (nSPS) is 12.9. The maximum Gasteiger partial charge on any atom is 0.317 e. The highest BCUT2D eigenvalue weighted by Crippen LogP contribution is 2.01. The number of carbonyl (C=O) groups excluding carboxylic acids is 2. The Hall–Kier alpha value is -3.32. The molecular formula is C16H23N3O10.